The van der Waals surface area contributed by atoms with Crippen molar-refractivity contribution >= 4 is 35.8 Å². The predicted octanol–water partition coefficient (Wildman–Crippen LogP) is 2.02. The second-order valence-corrected chi connectivity index (χ2v) is 6.29. The molecule has 0 saturated carbocycles. The Morgan fingerprint density at radius 2 is 1.77 bits per heavy atom. The van der Waals surface area contributed by atoms with Crippen LogP contribution in [-0.4, -0.2) is 53.3 Å². The maximum absolute atomic E-state index is 12.0. The van der Waals surface area contributed by atoms with Gasteiger partial charge in [-0.25, -0.2) is 4.68 Å². The maximum atomic E-state index is 12.0. The van der Waals surface area contributed by atoms with Gasteiger partial charge in [0.05, 0.1) is 11.3 Å². The van der Waals surface area contributed by atoms with E-state index in [4.69, 9.17) is 0 Å². The van der Waals surface area contributed by atoms with E-state index in [1.54, 1.807) is 37.8 Å². The third kappa shape index (κ3) is 7.14. The first kappa shape index (κ1) is 23.3. The van der Waals surface area contributed by atoms with Crippen LogP contribution < -0.4 is 16.0 Å². The van der Waals surface area contributed by atoms with Crippen LogP contribution in [0.5, 0.6) is 0 Å². The minimum atomic E-state index is -0.138. The molecule has 9 heteroatoms. The van der Waals surface area contributed by atoms with Crippen LogP contribution in [0, 0.1) is 0 Å². The number of hydrogen-bond acceptors (Lipinski definition) is 4. The van der Waals surface area contributed by atoms with Crippen LogP contribution in [0.1, 0.15) is 15.9 Å². The first-order valence-corrected chi connectivity index (χ1v) is 9.48. The van der Waals surface area contributed by atoms with Gasteiger partial charge in [0.15, 0.2) is 5.96 Å². The lowest BCUT2D eigenvalue weighted by atomic mass is 10.1. The van der Waals surface area contributed by atoms with Gasteiger partial charge in [-0.1, -0.05) is 12.1 Å². The molecule has 1 amide bonds. The minimum absolute atomic E-state index is 0. The molecule has 30 heavy (non-hydrogen) atoms. The van der Waals surface area contributed by atoms with Crippen molar-refractivity contribution in [3.8, 4) is 5.69 Å². The molecule has 0 spiro atoms. The SMILES string of the molecule is CN=C(NCCNC(=O)c1cccnc1)NCCc1ccc(-n2cccn2)cc1.I. The zero-order valence-electron chi connectivity index (χ0n) is 16.8. The molecule has 2 aromatic heterocycles. The van der Waals surface area contributed by atoms with Gasteiger partial charge in [0.1, 0.15) is 0 Å². The molecule has 1 aromatic carbocycles. The highest BCUT2D eigenvalue weighted by Crippen LogP contribution is 2.08. The van der Waals surface area contributed by atoms with Gasteiger partial charge < -0.3 is 16.0 Å². The second-order valence-electron chi connectivity index (χ2n) is 6.29. The molecule has 0 unspecified atom stereocenters. The fraction of sp³-hybridized carbons (Fsp3) is 0.238. The molecule has 0 aliphatic rings. The normalized spacial score (nSPS) is 10.8. The van der Waals surface area contributed by atoms with E-state index in [0.29, 0.717) is 24.6 Å². The summed E-state index contributed by atoms with van der Waals surface area (Å²) >= 11 is 0. The molecule has 8 nitrogen and oxygen atoms in total. The average molecular weight is 519 g/mol. The Hall–Kier alpha value is -2.95. The Morgan fingerprint density at radius 3 is 2.43 bits per heavy atom. The van der Waals surface area contributed by atoms with Crippen LogP contribution in [0.25, 0.3) is 5.69 Å². The van der Waals surface area contributed by atoms with Crippen LogP contribution in [0.3, 0.4) is 0 Å². The number of aliphatic imine (C=N–C) groups is 1. The van der Waals surface area contributed by atoms with E-state index in [0.717, 1.165) is 18.7 Å². The predicted molar refractivity (Wildman–Crippen MR) is 129 cm³/mol. The molecule has 0 atom stereocenters. The number of hydrogen-bond donors (Lipinski definition) is 3. The van der Waals surface area contributed by atoms with Gasteiger partial charge in [-0.15, -0.1) is 24.0 Å². The fourth-order valence-corrected chi connectivity index (χ4v) is 2.74. The maximum Gasteiger partial charge on any atom is 0.252 e. The topological polar surface area (TPSA) is 96.2 Å². The number of carbonyl (C=O) groups is 1. The first-order valence-electron chi connectivity index (χ1n) is 9.48. The van der Waals surface area contributed by atoms with Crippen molar-refractivity contribution in [2.75, 3.05) is 26.7 Å². The van der Waals surface area contributed by atoms with Crippen molar-refractivity contribution in [3.63, 3.8) is 0 Å². The summed E-state index contributed by atoms with van der Waals surface area (Å²) in [7, 11) is 1.72. The lowest BCUT2D eigenvalue weighted by Gasteiger charge is -2.12. The van der Waals surface area contributed by atoms with Gasteiger partial charge in [-0.2, -0.15) is 5.10 Å². The number of nitrogens with zero attached hydrogens (tertiary/aromatic N) is 4. The van der Waals surface area contributed by atoms with E-state index in [2.05, 4.69) is 55.3 Å². The van der Waals surface area contributed by atoms with Gasteiger partial charge in [-0.05, 0) is 42.3 Å². The Morgan fingerprint density at radius 1 is 1.00 bits per heavy atom. The monoisotopic (exact) mass is 519 g/mol. The van der Waals surface area contributed by atoms with E-state index in [9.17, 15) is 4.79 Å². The average Bonchev–Trinajstić information content (AvgIpc) is 3.31. The number of pyridine rings is 1. The number of carbonyl (C=O) groups excluding carboxylic acids is 1. The quantitative estimate of drug-likeness (QED) is 0.183. The van der Waals surface area contributed by atoms with Crippen molar-refractivity contribution < 1.29 is 4.79 Å². The number of aromatic nitrogens is 3. The van der Waals surface area contributed by atoms with Gasteiger partial charge >= 0.3 is 0 Å². The van der Waals surface area contributed by atoms with Crippen molar-refractivity contribution in [2.24, 2.45) is 4.99 Å². The molecule has 0 fully saturated rings. The third-order valence-corrected chi connectivity index (χ3v) is 4.26. The third-order valence-electron chi connectivity index (χ3n) is 4.26. The van der Waals surface area contributed by atoms with Crippen LogP contribution in [0.2, 0.25) is 0 Å². The molecular weight excluding hydrogens is 493 g/mol. The molecule has 2 heterocycles. The molecule has 3 aromatic rings. The molecule has 158 valence electrons. The largest absolute Gasteiger partial charge is 0.356 e. The number of nitrogens with one attached hydrogen (secondary N) is 3. The van der Waals surface area contributed by atoms with E-state index in [-0.39, 0.29) is 29.9 Å². The van der Waals surface area contributed by atoms with Crippen LogP contribution >= 0.6 is 24.0 Å². The summed E-state index contributed by atoms with van der Waals surface area (Å²) in [4.78, 5) is 20.1. The van der Waals surface area contributed by atoms with Crippen LogP contribution in [-0.2, 0) is 6.42 Å². The summed E-state index contributed by atoms with van der Waals surface area (Å²) in [6.07, 6.45) is 7.75. The summed E-state index contributed by atoms with van der Waals surface area (Å²) in [6.45, 7) is 1.82. The lowest BCUT2D eigenvalue weighted by molar-refractivity contribution is 0.0954. The molecular formula is C21H26IN7O. The summed E-state index contributed by atoms with van der Waals surface area (Å²) in [5, 5.41) is 13.5. The molecule has 0 radical (unpaired) electrons. The summed E-state index contributed by atoms with van der Waals surface area (Å²) < 4.78 is 1.83. The van der Waals surface area contributed by atoms with Crippen LogP contribution in [0.4, 0.5) is 0 Å². The zero-order valence-corrected chi connectivity index (χ0v) is 19.1. The van der Waals surface area contributed by atoms with Gasteiger partial charge in [0, 0.05) is 51.5 Å². The zero-order chi connectivity index (χ0) is 20.3. The summed E-state index contributed by atoms with van der Waals surface area (Å²) in [6, 6.07) is 13.7. The van der Waals surface area contributed by atoms with Gasteiger partial charge in [0.2, 0.25) is 0 Å². The Labute approximate surface area is 193 Å². The highest BCUT2D eigenvalue weighted by Gasteiger charge is 2.04. The number of rotatable bonds is 8. The number of benzene rings is 1. The Bertz CT molecular complexity index is 912. The number of halogens is 1. The van der Waals surface area contributed by atoms with E-state index >= 15 is 0 Å². The smallest absolute Gasteiger partial charge is 0.252 e. The second kappa shape index (κ2) is 12.6. The van der Waals surface area contributed by atoms with Gasteiger partial charge in [-0.3, -0.25) is 14.8 Å². The summed E-state index contributed by atoms with van der Waals surface area (Å²) in [5.74, 6) is 0.565. The summed E-state index contributed by atoms with van der Waals surface area (Å²) in [5.41, 5.74) is 2.82. The number of amides is 1. The Kier molecular flexibility index (Phi) is 9.78. The minimum Gasteiger partial charge on any atom is -0.356 e. The number of guanidine groups is 1. The standard InChI is InChI=1S/C21H25N7O.HI/c1-22-21(26-14-13-24-20(29)18-4-2-10-23-16-18)25-12-9-17-5-7-19(8-6-17)28-15-3-11-27-28;/h2-8,10-11,15-16H,9,12-14H2,1H3,(H,24,29)(H2,22,25,26);1H. The molecule has 0 saturated heterocycles. The van der Waals surface area contributed by atoms with Crippen molar-refractivity contribution in [3.05, 3.63) is 78.4 Å². The van der Waals surface area contributed by atoms with E-state index in [1.165, 1.54) is 5.56 Å². The molecule has 3 N–H and O–H groups in total. The molecule has 3 rings (SSSR count). The highest BCUT2D eigenvalue weighted by atomic mass is 127. The fourth-order valence-electron chi connectivity index (χ4n) is 2.74. The molecule has 0 aliphatic carbocycles. The van der Waals surface area contributed by atoms with E-state index < -0.39 is 0 Å². The van der Waals surface area contributed by atoms with Crippen molar-refractivity contribution in [1.82, 2.24) is 30.7 Å². The van der Waals surface area contributed by atoms with Crippen LogP contribution in [0.15, 0.2) is 72.2 Å². The van der Waals surface area contributed by atoms with Crippen molar-refractivity contribution in [1.29, 1.82) is 0 Å². The van der Waals surface area contributed by atoms with Crippen molar-refractivity contribution in [2.45, 2.75) is 6.42 Å². The lowest BCUT2D eigenvalue weighted by Crippen LogP contribution is -2.42. The first-order chi connectivity index (χ1) is 14.3. The molecule has 0 aliphatic heterocycles. The highest BCUT2D eigenvalue weighted by molar-refractivity contribution is 14.0. The molecule has 0 bridgehead atoms. The van der Waals surface area contributed by atoms with E-state index in [1.807, 2.05) is 16.9 Å². The van der Waals surface area contributed by atoms with Gasteiger partial charge in [0.25, 0.3) is 5.91 Å². The Balaban J connectivity index is 0.00000320.